The number of rotatable bonds is 2. The molecule has 1 saturated heterocycles. The predicted octanol–water partition coefficient (Wildman–Crippen LogP) is 1.82. The van der Waals surface area contributed by atoms with Crippen LogP contribution < -0.4 is 4.74 Å². The van der Waals surface area contributed by atoms with E-state index in [0.717, 1.165) is 5.56 Å². The molecular weight excluding hydrogens is 206 g/mol. The van der Waals surface area contributed by atoms with Crippen molar-refractivity contribution in [2.75, 3.05) is 7.11 Å². The fourth-order valence-electron chi connectivity index (χ4n) is 1.81. The van der Waals surface area contributed by atoms with Crippen LogP contribution in [-0.2, 0) is 9.53 Å². The van der Waals surface area contributed by atoms with Crippen molar-refractivity contribution in [1.29, 1.82) is 5.26 Å². The Morgan fingerprint density at radius 2 is 2.25 bits per heavy atom. The van der Waals surface area contributed by atoms with Gasteiger partial charge in [-0.1, -0.05) is 18.2 Å². The van der Waals surface area contributed by atoms with Gasteiger partial charge in [-0.15, -0.1) is 0 Å². The summed E-state index contributed by atoms with van der Waals surface area (Å²) in [7, 11) is 1.57. The van der Waals surface area contributed by atoms with Gasteiger partial charge < -0.3 is 9.47 Å². The first-order valence-corrected chi connectivity index (χ1v) is 4.99. The summed E-state index contributed by atoms with van der Waals surface area (Å²) in [5.41, 5.74) is 0.816. The normalized spacial score (nSPS) is 23.6. The number of cyclic esters (lactones) is 1. The van der Waals surface area contributed by atoms with Crippen LogP contribution in [0.2, 0.25) is 0 Å². The maximum absolute atomic E-state index is 11.3. The van der Waals surface area contributed by atoms with E-state index in [1.54, 1.807) is 7.11 Å². The summed E-state index contributed by atoms with van der Waals surface area (Å²) in [5.74, 6) is -0.424. The van der Waals surface area contributed by atoms with E-state index in [-0.39, 0.29) is 6.10 Å². The fourth-order valence-corrected chi connectivity index (χ4v) is 1.81. The molecule has 4 nitrogen and oxygen atoms in total. The van der Waals surface area contributed by atoms with Gasteiger partial charge >= 0.3 is 5.97 Å². The van der Waals surface area contributed by atoms with Gasteiger partial charge in [0.15, 0.2) is 0 Å². The van der Waals surface area contributed by atoms with Crippen molar-refractivity contribution in [2.45, 2.75) is 12.5 Å². The summed E-state index contributed by atoms with van der Waals surface area (Å²) < 4.78 is 10.3. The number of nitrogens with zero attached hydrogens (tertiary/aromatic N) is 1. The van der Waals surface area contributed by atoms with Crippen LogP contribution >= 0.6 is 0 Å². The molecule has 0 amide bonds. The molecule has 1 aliphatic rings. The summed E-state index contributed by atoms with van der Waals surface area (Å²) in [6.45, 7) is 0. The molecule has 1 aliphatic heterocycles. The third kappa shape index (κ3) is 1.72. The zero-order chi connectivity index (χ0) is 11.5. The highest BCUT2D eigenvalue weighted by atomic mass is 16.6. The van der Waals surface area contributed by atoms with Gasteiger partial charge in [-0.3, -0.25) is 4.79 Å². The molecule has 0 spiro atoms. The van der Waals surface area contributed by atoms with Gasteiger partial charge in [-0.2, -0.15) is 5.26 Å². The second-order valence-electron chi connectivity index (χ2n) is 3.58. The van der Waals surface area contributed by atoms with Crippen molar-refractivity contribution >= 4 is 5.97 Å². The first-order chi connectivity index (χ1) is 7.76. The third-order valence-electron chi connectivity index (χ3n) is 2.63. The highest BCUT2D eigenvalue weighted by Gasteiger charge is 2.36. The number of carbonyl (C=O) groups is 1. The molecule has 0 aromatic heterocycles. The average molecular weight is 217 g/mol. The smallest absolute Gasteiger partial charge is 0.324 e. The van der Waals surface area contributed by atoms with Crippen molar-refractivity contribution < 1.29 is 14.3 Å². The zero-order valence-electron chi connectivity index (χ0n) is 8.84. The summed E-state index contributed by atoms with van der Waals surface area (Å²) in [5, 5.41) is 8.75. The van der Waals surface area contributed by atoms with Crippen LogP contribution in [-0.4, -0.2) is 13.1 Å². The van der Waals surface area contributed by atoms with Crippen molar-refractivity contribution in [3.05, 3.63) is 29.8 Å². The monoisotopic (exact) mass is 217 g/mol. The van der Waals surface area contributed by atoms with Crippen molar-refractivity contribution in [3.63, 3.8) is 0 Å². The van der Waals surface area contributed by atoms with Gasteiger partial charge in [0.05, 0.1) is 13.2 Å². The zero-order valence-corrected chi connectivity index (χ0v) is 8.84. The summed E-state index contributed by atoms with van der Waals surface area (Å²) in [6.07, 6.45) is 0.0312. The van der Waals surface area contributed by atoms with E-state index in [1.807, 2.05) is 30.3 Å². The molecule has 2 unspecified atom stereocenters. The molecule has 0 N–H and O–H groups in total. The average Bonchev–Trinajstić information content (AvgIpc) is 2.70. The quantitative estimate of drug-likeness (QED) is 0.709. The Hall–Kier alpha value is -2.02. The Bertz CT molecular complexity index is 450. The van der Waals surface area contributed by atoms with E-state index in [1.165, 1.54) is 0 Å². The number of ether oxygens (including phenoxy) is 2. The lowest BCUT2D eigenvalue weighted by Gasteiger charge is -2.12. The number of benzene rings is 1. The Morgan fingerprint density at radius 1 is 1.50 bits per heavy atom. The van der Waals surface area contributed by atoms with Gasteiger partial charge in [-0.25, -0.2) is 0 Å². The van der Waals surface area contributed by atoms with Crippen LogP contribution in [0.4, 0.5) is 0 Å². The maximum atomic E-state index is 11.3. The van der Waals surface area contributed by atoms with Gasteiger partial charge in [0.2, 0.25) is 0 Å². The topological polar surface area (TPSA) is 59.3 Å². The van der Waals surface area contributed by atoms with Gasteiger partial charge in [0.25, 0.3) is 0 Å². The van der Waals surface area contributed by atoms with Crippen molar-refractivity contribution in [1.82, 2.24) is 0 Å². The molecule has 0 aliphatic carbocycles. The van der Waals surface area contributed by atoms with E-state index in [4.69, 9.17) is 14.7 Å². The van der Waals surface area contributed by atoms with E-state index >= 15 is 0 Å². The molecule has 1 heterocycles. The van der Waals surface area contributed by atoms with E-state index in [9.17, 15) is 4.79 Å². The van der Waals surface area contributed by atoms with Gasteiger partial charge in [-0.05, 0) is 6.07 Å². The maximum Gasteiger partial charge on any atom is 0.324 e. The molecule has 82 valence electrons. The van der Waals surface area contributed by atoms with E-state index < -0.39 is 11.9 Å². The minimum absolute atomic E-state index is 0.367. The summed E-state index contributed by atoms with van der Waals surface area (Å²) in [4.78, 5) is 11.3. The number of methoxy groups -OCH3 is 1. The fraction of sp³-hybridized carbons (Fsp3) is 0.333. The first-order valence-electron chi connectivity index (χ1n) is 4.99. The molecule has 4 heteroatoms. The lowest BCUT2D eigenvalue weighted by atomic mass is 10.0. The van der Waals surface area contributed by atoms with E-state index in [0.29, 0.717) is 12.2 Å². The highest BCUT2D eigenvalue weighted by Crippen LogP contribution is 2.37. The summed E-state index contributed by atoms with van der Waals surface area (Å²) in [6, 6.07) is 9.29. The van der Waals surface area contributed by atoms with Crippen LogP contribution in [0, 0.1) is 17.2 Å². The molecule has 0 radical (unpaired) electrons. The Morgan fingerprint density at radius 3 is 2.88 bits per heavy atom. The second-order valence-corrected chi connectivity index (χ2v) is 3.58. The van der Waals surface area contributed by atoms with Gasteiger partial charge in [0.1, 0.15) is 17.8 Å². The molecule has 1 aromatic carbocycles. The molecule has 0 bridgehead atoms. The van der Waals surface area contributed by atoms with Gasteiger partial charge in [0, 0.05) is 12.0 Å². The molecular formula is C12H11NO3. The molecule has 0 saturated carbocycles. The molecule has 1 fully saturated rings. The van der Waals surface area contributed by atoms with E-state index in [2.05, 4.69) is 0 Å². The summed E-state index contributed by atoms with van der Waals surface area (Å²) >= 11 is 0. The van der Waals surface area contributed by atoms with Crippen molar-refractivity contribution in [2.24, 2.45) is 5.92 Å². The second kappa shape index (κ2) is 4.23. The Balaban J connectivity index is 2.27. The molecule has 1 aromatic rings. The number of hydrogen-bond donors (Lipinski definition) is 0. The minimum Gasteiger partial charge on any atom is -0.496 e. The van der Waals surface area contributed by atoms with Crippen LogP contribution in [0.3, 0.4) is 0 Å². The number of hydrogen-bond acceptors (Lipinski definition) is 4. The lowest BCUT2D eigenvalue weighted by Crippen LogP contribution is -2.03. The highest BCUT2D eigenvalue weighted by molar-refractivity contribution is 5.77. The van der Waals surface area contributed by atoms with Crippen LogP contribution in [0.25, 0.3) is 0 Å². The lowest BCUT2D eigenvalue weighted by molar-refractivity contribution is -0.143. The number of carbonyl (C=O) groups excluding carboxylic acids is 1. The van der Waals surface area contributed by atoms with Crippen molar-refractivity contribution in [3.8, 4) is 11.8 Å². The van der Waals surface area contributed by atoms with Crippen LogP contribution in [0.15, 0.2) is 24.3 Å². The number of esters is 1. The molecule has 2 rings (SSSR count). The molecule has 2 atom stereocenters. The van der Waals surface area contributed by atoms with Crippen LogP contribution in [0.1, 0.15) is 18.1 Å². The van der Waals surface area contributed by atoms with Crippen LogP contribution in [0.5, 0.6) is 5.75 Å². The Labute approximate surface area is 93.4 Å². The predicted molar refractivity (Wildman–Crippen MR) is 55.5 cm³/mol. The Kier molecular flexibility index (Phi) is 2.78. The largest absolute Gasteiger partial charge is 0.496 e. The third-order valence-corrected chi connectivity index (χ3v) is 2.63. The standard InChI is InChI=1S/C12H11NO3/c1-15-10-5-3-2-4-9(10)11-6-8(7-13)12(14)16-11/h2-5,8,11H,6H2,1H3. The SMILES string of the molecule is COc1ccccc1C1CC(C#N)C(=O)O1. The first kappa shape index (κ1) is 10.5. The minimum atomic E-state index is -0.657. The number of para-hydroxylation sites is 1. The molecule has 16 heavy (non-hydrogen) atoms. The number of nitriles is 1.